The Morgan fingerprint density at radius 3 is 2.29 bits per heavy atom. The predicted octanol–water partition coefficient (Wildman–Crippen LogP) is 3.23. The van der Waals surface area contributed by atoms with Gasteiger partial charge in [-0.15, -0.1) is 0 Å². The van der Waals surface area contributed by atoms with Gasteiger partial charge in [0.2, 0.25) is 0 Å². The van der Waals surface area contributed by atoms with Crippen molar-refractivity contribution in [2.45, 2.75) is 56.5 Å². The maximum Gasteiger partial charge on any atom is 0.0435 e. The zero-order valence-electron chi connectivity index (χ0n) is 12.7. The molecule has 0 radical (unpaired) electrons. The van der Waals surface area contributed by atoms with Gasteiger partial charge in [0.25, 0.3) is 0 Å². The molecule has 1 aliphatic heterocycles. The van der Waals surface area contributed by atoms with Gasteiger partial charge in [0.05, 0.1) is 0 Å². The summed E-state index contributed by atoms with van der Waals surface area (Å²) < 4.78 is 1.14. The van der Waals surface area contributed by atoms with Gasteiger partial charge in [0, 0.05) is 16.1 Å². The van der Waals surface area contributed by atoms with Gasteiger partial charge in [0.15, 0.2) is 0 Å². The van der Waals surface area contributed by atoms with Crippen molar-refractivity contribution in [1.82, 2.24) is 10.3 Å². The van der Waals surface area contributed by atoms with Crippen LogP contribution in [0.2, 0.25) is 0 Å². The molecule has 4 heteroatoms. The lowest BCUT2D eigenvalue weighted by Crippen LogP contribution is -2.61. The number of hydrazine groups is 1. The molecule has 21 heavy (non-hydrogen) atoms. The lowest BCUT2D eigenvalue weighted by Gasteiger charge is -2.45. The third-order valence-electron chi connectivity index (χ3n) is 5.41. The van der Waals surface area contributed by atoms with E-state index < -0.39 is 0 Å². The zero-order chi connectivity index (χ0) is 14.7. The van der Waals surface area contributed by atoms with Crippen LogP contribution in [0.15, 0.2) is 28.7 Å². The SMILES string of the molecule is NNC(Cc1ccc(Br)cc1)C1(N2CCCC2)CCCC1. The molecule has 1 unspecified atom stereocenters. The summed E-state index contributed by atoms with van der Waals surface area (Å²) in [7, 11) is 0. The molecule has 1 aromatic rings. The van der Waals surface area contributed by atoms with Crippen LogP contribution < -0.4 is 11.3 Å². The van der Waals surface area contributed by atoms with Crippen molar-refractivity contribution in [3.05, 3.63) is 34.3 Å². The van der Waals surface area contributed by atoms with Gasteiger partial charge in [-0.1, -0.05) is 40.9 Å². The molecule has 1 saturated carbocycles. The van der Waals surface area contributed by atoms with Gasteiger partial charge < -0.3 is 0 Å². The van der Waals surface area contributed by atoms with Gasteiger partial charge >= 0.3 is 0 Å². The summed E-state index contributed by atoms with van der Waals surface area (Å²) in [6.45, 7) is 2.50. The van der Waals surface area contributed by atoms with Crippen molar-refractivity contribution >= 4 is 15.9 Å². The van der Waals surface area contributed by atoms with Crippen LogP contribution in [0, 0.1) is 0 Å². The van der Waals surface area contributed by atoms with E-state index in [9.17, 15) is 0 Å². The van der Waals surface area contributed by atoms with E-state index in [4.69, 9.17) is 5.84 Å². The summed E-state index contributed by atoms with van der Waals surface area (Å²) in [5, 5.41) is 0. The topological polar surface area (TPSA) is 41.3 Å². The Bertz CT molecular complexity index is 448. The van der Waals surface area contributed by atoms with E-state index in [0.717, 1.165) is 10.9 Å². The highest BCUT2D eigenvalue weighted by Crippen LogP contribution is 2.40. The first-order valence-corrected chi connectivity index (χ1v) is 8.99. The third-order valence-corrected chi connectivity index (χ3v) is 5.94. The number of nitrogens with one attached hydrogen (secondary N) is 1. The normalized spacial score (nSPS) is 23.5. The Morgan fingerprint density at radius 2 is 1.71 bits per heavy atom. The number of hydrogen-bond acceptors (Lipinski definition) is 3. The van der Waals surface area contributed by atoms with Crippen LogP contribution in [0.5, 0.6) is 0 Å². The van der Waals surface area contributed by atoms with Gasteiger partial charge in [-0.05, 0) is 62.9 Å². The van der Waals surface area contributed by atoms with Gasteiger partial charge in [0.1, 0.15) is 0 Å². The molecule has 3 N–H and O–H groups in total. The molecular weight excluding hydrogens is 326 g/mol. The predicted molar refractivity (Wildman–Crippen MR) is 91.0 cm³/mol. The highest BCUT2D eigenvalue weighted by molar-refractivity contribution is 9.10. The fourth-order valence-corrected chi connectivity index (χ4v) is 4.56. The minimum atomic E-state index is 0.276. The molecule has 1 heterocycles. The number of likely N-dealkylation sites (tertiary alicyclic amines) is 1. The molecule has 3 rings (SSSR count). The second-order valence-electron chi connectivity index (χ2n) is 6.55. The molecule has 3 nitrogen and oxygen atoms in total. The van der Waals surface area contributed by atoms with E-state index in [-0.39, 0.29) is 5.54 Å². The number of rotatable bonds is 5. The van der Waals surface area contributed by atoms with Crippen LogP contribution in [-0.2, 0) is 6.42 Å². The molecule has 1 saturated heterocycles. The zero-order valence-corrected chi connectivity index (χ0v) is 14.2. The Morgan fingerprint density at radius 1 is 1.10 bits per heavy atom. The van der Waals surface area contributed by atoms with Crippen molar-refractivity contribution < 1.29 is 0 Å². The van der Waals surface area contributed by atoms with Gasteiger partial charge in [-0.3, -0.25) is 16.2 Å². The summed E-state index contributed by atoms with van der Waals surface area (Å²) in [4.78, 5) is 2.73. The van der Waals surface area contributed by atoms with Crippen LogP contribution in [0.4, 0.5) is 0 Å². The molecule has 116 valence electrons. The van der Waals surface area contributed by atoms with E-state index in [2.05, 4.69) is 50.5 Å². The van der Waals surface area contributed by atoms with Crippen LogP contribution in [0.3, 0.4) is 0 Å². The molecule has 2 fully saturated rings. The van der Waals surface area contributed by atoms with Crippen molar-refractivity contribution in [3.63, 3.8) is 0 Å². The molecular formula is C17H26BrN3. The third kappa shape index (κ3) is 3.19. The number of nitrogens with zero attached hydrogens (tertiary/aromatic N) is 1. The molecule has 1 aromatic carbocycles. The van der Waals surface area contributed by atoms with Crippen LogP contribution in [-0.4, -0.2) is 29.6 Å². The second-order valence-corrected chi connectivity index (χ2v) is 7.47. The largest absolute Gasteiger partial charge is 0.296 e. The minimum absolute atomic E-state index is 0.276. The number of hydrogen-bond donors (Lipinski definition) is 2. The molecule has 0 spiro atoms. The molecule has 0 amide bonds. The average molecular weight is 352 g/mol. The van der Waals surface area contributed by atoms with E-state index in [1.807, 2.05) is 0 Å². The van der Waals surface area contributed by atoms with Crippen molar-refractivity contribution in [2.24, 2.45) is 5.84 Å². The maximum atomic E-state index is 6.00. The van der Waals surface area contributed by atoms with Crippen molar-refractivity contribution in [1.29, 1.82) is 0 Å². The Kier molecular flexibility index (Phi) is 4.99. The van der Waals surface area contributed by atoms with E-state index in [1.165, 1.54) is 57.2 Å². The minimum Gasteiger partial charge on any atom is -0.296 e. The fourth-order valence-electron chi connectivity index (χ4n) is 4.29. The Labute approximate surface area is 136 Å². The summed E-state index contributed by atoms with van der Waals surface area (Å²) >= 11 is 3.51. The molecule has 1 atom stereocenters. The number of benzene rings is 1. The first-order valence-electron chi connectivity index (χ1n) is 8.20. The summed E-state index contributed by atoms with van der Waals surface area (Å²) in [5.74, 6) is 6.00. The molecule has 0 bridgehead atoms. The first-order chi connectivity index (χ1) is 10.2. The van der Waals surface area contributed by atoms with Crippen molar-refractivity contribution in [3.8, 4) is 0 Å². The molecule has 2 aliphatic rings. The summed E-state index contributed by atoms with van der Waals surface area (Å²) in [6, 6.07) is 9.02. The highest BCUT2D eigenvalue weighted by atomic mass is 79.9. The Hall–Kier alpha value is -0.420. The quantitative estimate of drug-likeness (QED) is 0.632. The second kappa shape index (κ2) is 6.78. The smallest absolute Gasteiger partial charge is 0.0435 e. The first kappa shape index (κ1) is 15.5. The fraction of sp³-hybridized carbons (Fsp3) is 0.647. The summed E-state index contributed by atoms with van der Waals surface area (Å²) in [5.41, 5.74) is 4.81. The van der Waals surface area contributed by atoms with Gasteiger partial charge in [-0.2, -0.15) is 0 Å². The van der Waals surface area contributed by atoms with Crippen LogP contribution in [0.1, 0.15) is 44.1 Å². The standard InChI is InChI=1S/C17H26BrN3/c18-15-7-5-14(6-8-15)13-16(20-19)17(9-1-2-10-17)21-11-3-4-12-21/h5-8,16,20H,1-4,9-13,19H2. The lowest BCUT2D eigenvalue weighted by molar-refractivity contribution is 0.0766. The lowest BCUT2D eigenvalue weighted by atomic mass is 9.83. The summed E-state index contributed by atoms with van der Waals surface area (Å²) in [6.07, 6.45) is 8.97. The highest BCUT2D eigenvalue weighted by Gasteiger charge is 2.46. The van der Waals surface area contributed by atoms with Gasteiger partial charge in [-0.25, -0.2) is 0 Å². The van der Waals surface area contributed by atoms with Crippen molar-refractivity contribution in [2.75, 3.05) is 13.1 Å². The molecule has 0 aromatic heterocycles. The van der Waals surface area contributed by atoms with Crippen LogP contribution in [0.25, 0.3) is 0 Å². The monoisotopic (exact) mass is 351 g/mol. The van der Waals surface area contributed by atoms with E-state index >= 15 is 0 Å². The Balaban J connectivity index is 1.80. The number of halogens is 1. The van der Waals surface area contributed by atoms with E-state index in [1.54, 1.807) is 0 Å². The maximum absolute atomic E-state index is 6.00. The molecule has 1 aliphatic carbocycles. The average Bonchev–Trinajstić information content (AvgIpc) is 3.18. The van der Waals surface area contributed by atoms with Crippen LogP contribution >= 0.6 is 15.9 Å². The van der Waals surface area contributed by atoms with E-state index in [0.29, 0.717) is 6.04 Å². The number of nitrogens with two attached hydrogens (primary N) is 1.